The Morgan fingerprint density at radius 1 is 0.621 bits per heavy atom. The van der Waals surface area contributed by atoms with E-state index < -0.39 is 123 Å². The quantitative estimate of drug-likeness (QED) is 0.0976. The highest BCUT2D eigenvalue weighted by Crippen LogP contribution is 2.89. The molecular weight excluding hydrogens is 865 g/mol. The van der Waals surface area contributed by atoms with E-state index in [4.69, 9.17) is 33.2 Å². The second kappa shape index (κ2) is 17.7. The maximum absolute atomic E-state index is 12.6. The Labute approximate surface area is 386 Å². The van der Waals surface area contributed by atoms with Crippen LogP contribution < -0.4 is 0 Å². The maximum atomic E-state index is 12.6. The first-order valence-corrected chi connectivity index (χ1v) is 24.5. The molecule has 4 aliphatic heterocycles. The number of aliphatic hydroxyl groups is 10. The summed E-state index contributed by atoms with van der Waals surface area (Å²) < 4.78 is 42.7. The Morgan fingerprint density at radius 2 is 1.15 bits per heavy atom. The highest BCUT2D eigenvalue weighted by atomic mass is 16.8. The molecule has 2 spiro atoms. The second-order valence-electron chi connectivity index (χ2n) is 22.9. The van der Waals surface area contributed by atoms with Crippen LogP contribution in [0.5, 0.6) is 0 Å². The first-order chi connectivity index (χ1) is 31.1. The lowest BCUT2D eigenvalue weighted by molar-refractivity contribution is -0.398. The van der Waals surface area contributed by atoms with E-state index in [0.29, 0.717) is 29.7 Å². The number of hydrogen-bond acceptors (Lipinski definition) is 18. The van der Waals surface area contributed by atoms with E-state index in [0.717, 1.165) is 51.4 Å². The normalized spacial score (nSPS) is 54.8. The van der Waals surface area contributed by atoms with E-state index in [1.165, 1.54) is 6.42 Å². The molecule has 25 atom stereocenters. The van der Waals surface area contributed by atoms with Gasteiger partial charge in [-0.25, -0.2) is 4.79 Å². The van der Waals surface area contributed by atoms with Crippen LogP contribution in [0.1, 0.15) is 106 Å². The Morgan fingerprint density at radius 3 is 1.74 bits per heavy atom. The maximum Gasteiger partial charge on any atom is 0.333 e. The zero-order chi connectivity index (χ0) is 47.6. The first-order valence-electron chi connectivity index (χ1n) is 24.5. The minimum atomic E-state index is -1.90. The molecule has 18 heteroatoms. The second-order valence-corrected chi connectivity index (χ2v) is 22.9. The zero-order valence-electron chi connectivity index (χ0n) is 39.1. The number of carbonyl (C=O) groups excluding carboxylic acids is 1. The number of ether oxygens (including phenoxy) is 7. The third-order valence-corrected chi connectivity index (χ3v) is 19.9. The van der Waals surface area contributed by atoms with Crippen LogP contribution in [0.4, 0.5) is 0 Å². The van der Waals surface area contributed by atoms with Gasteiger partial charge >= 0.3 is 5.97 Å². The molecule has 4 heterocycles. The Hall–Kier alpha value is -1.43. The molecule has 0 aromatic carbocycles. The molecular formula is C48H76O18. The Balaban J connectivity index is 0.934. The highest BCUT2D eigenvalue weighted by molar-refractivity contribution is 5.88. The molecule has 9 aliphatic rings. The summed E-state index contributed by atoms with van der Waals surface area (Å²) >= 11 is 0. The number of hydrogen-bond donors (Lipinski definition) is 10. The summed E-state index contributed by atoms with van der Waals surface area (Å²) in [5.74, 6) is 1.38. The summed E-state index contributed by atoms with van der Waals surface area (Å²) in [6.07, 6.45) is -13.1. The van der Waals surface area contributed by atoms with Gasteiger partial charge in [0, 0.05) is 12.0 Å². The summed E-state index contributed by atoms with van der Waals surface area (Å²) in [7, 11) is 0. The van der Waals surface area contributed by atoms with Crippen molar-refractivity contribution in [2.24, 2.45) is 50.7 Å². The van der Waals surface area contributed by atoms with Crippen molar-refractivity contribution in [1.82, 2.24) is 0 Å². The Bertz CT molecular complexity index is 1810. The van der Waals surface area contributed by atoms with Crippen molar-refractivity contribution in [3.05, 3.63) is 11.6 Å². The number of aliphatic hydroxyl groups excluding tert-OH is 10. The van der Waals surface area contributed by atoms with Gasteiger partial charge in [-0.05, 0) is 115 Å². The summed E-state index contributed by atoms with van der Waals surface area (Å²) in [5.41, 5.74) is 0.879. The molecule has 10 N–H and O–H groups in total. The molecule has 3 saturated heterocycles. The fourth-order valence-corrected chi connectivity index (χ4v) is 16.0. The molecule has 18 nitrogen and oxygen atoms in total. The number of cyclic esters (lactones) is 1. The first kappa shape index (κ1) is 49.5. The van der Waals surface area contributed by atoms with E-state index >= 15 is 0 Å². The van der Waals surface area contributed by atoms with Crippen LogP contribution >= 0.6 is 0 Å². The summed E-state index contributed by atoms with van der Waals surface area (Å²) in [4.78, 5) is 12.6. The minimum Gasteiger partial charge on any atom is -0.458 e. The van der Waals surface area contributed by atoms with Crippen LogP contribution in [-0.4, -0.2) is 181 Å². The Kier molecular flexibility index (Phi) is 13.3. The third-order valence-electron chi connectivity index (χ3n) is 19.9. The van der Waals surface area contributed by atoms with Crippen LogP contribution in [-0.2, 0) is 38.0 Å². The van der Waals surface area contributed by atoms with Gasteiger partial charge in [-0.1, -0.05) is 40.7 Å². The van der Waals surface area contributed by atoms with Gasteiger partial charge in [0.15, 0.2) is 18.9 Å². The monoisotopic (exact) mass is 941 g/mol. The molecule has 5 aliphatic carbocycles. The number of rotatable bonds is 11. The molecule has 25 unspecified atom stereocenters. The smallest absolute Gasteiger partial charge is 0.333 e. The fraction of sp³-hybridized carbons (Fsp3) is 0.938. The van der Waals surface area contributed by atoms with Gasteiger partial charge in [0.05, 0.1) is 25.9 Å². The summed E-state index contributed by atoms with van der Waals surface area (Å²) in [6.45, 7) is 11.5. The van der Waals surface area contributed by atoms with Gasteiger partial charge in [0.25, 0.3) is 0 Å². The number of fused-ring (bicyclic) bond motifs is 2. The molecule has 376 valence electrons. The van der Waals surface area contributed by atoms with Gasteiger partial charge < -0.3 is 84.2 Å². The third kappa shape index (κ3) is 7.36. The van der Waals surface area contributed by atoms with Crippen LogP contribution in [0.15, 0.2) is 11.6 Å². The van der Waals surface area contributed by atoms with Crippen molar-refractivity contribution >= 4 is 5.97 Å². The summed E-state index contributed by atoms with van der Waals surface area (Å²) in [6, 6.07) is 0. The zero-order valence-corrected chi connectivity index (χ0v) is 39.1. The number of esters is 1. The standard InChI is InChI=1S/C48H76O18/c1-21-7-8-24(60-40(21)59)22(2)23-11-13-46(6)29-10-9-28-44(3,4)30(12-14-47(28)20-48(29,47)16-15-45(23,46)5)64-42-38(35(56)32(53)26(18-50)62-42)66-43-39(36(57)33(54)27(19-51)63-43)65-41-37(58)34(55)31(52)25(17-49)61-41/h7,22-39,41-43,49-58H,8-20H2,1-6H3. The highest BCUT2D eigenvalue weighted by Gasteiger charge is 2.82. The van der Waals surface area contributed by atoms with Crippen molar-refractivity contribution in [1.29, 1.82) is 0 Å². The molecule has 0 aromatic rings. The van der Waals surface area contributed by atoms with E-state index in [9.17, 15) is 55.9 Å². The van der Waals surface area contributed by atoms with E-state index in [1.54, 1.807) is 0 Å². The van der Waals surface area contributed by atoms with Crippen molar-refractivity contribution in [3.8, 4) is 0 Å². The van der Waals surface area contributed by atoms with Gasteiger partial charge in [0.1, 0.15) is 79.4 Å². The van der Waals surface area contributed by atoms with Gasteiger partial charge in [-0.3, -0.25) is 0 Å². The average Bonchev–Trinajstić information content (AvgIpc) is 3.88. The molecule has 8 fully saturated rings. The SMILES string of the molecule is CC1=CCC(C(C)C2CCC3(C)C4CCC5C(C)(C)C(OC6OC(CO)C(O)C(O)C6OC6OC(CO)C(O)C(O)C6OC6OC(CO)C(O)C(O)C6O)CCC56CC46CCC23C)OC1=O. The van der Waals surface area contributed by atoms with Crippen molar-refractivity contribution in [3.63, 3.8) is 0 Å². The summed E-state index contributed by atoms with van der Waals surface area (Å²) in [5, 5.41) is 107. The lowest BCUT2D eigenvalue weighted by Gasteiger charge is -2.64. The van der Waals surface area contributed by atoms with Gasteiger partial charge in [0.2, 0.25) is 0 Å². The number of carbonyl (C=O) groups is 1. The molecule has 9 rings (SSSR count). The van der Waals surface area contributed by atoms with Crippen molar-refractivity contribution < 1.29 is 89.0 Å². The van der Waals surface area contributed by atoms with Crippen molar-refractivity contribution in [2.45, 2.75) is 210 Å². The van der Waals surface area contributed by atoms with Crippen LogP contribution in [0.25, 0.3) is 0 Å². The molecule has 66 heavy (non-hydrogen) atoms. The van der Waals surface area contributed by atoms with Crippen molar-refractivity contribution in [2.75, 3.05) is 19.8 Å². The topological polar surface area (TPSA) is 284 Å². The molecule has 0 amide bonds. The van der Waals surface area contributed by atoms with Gasteiger partial charge in [-0.2, -0.15) is 0 Å². The van der Waals surface area contributed by atoms with Gasteiger partial charge in [-0.15, -0.1) is 0 Å². The van der Waals surface area contributed by atoms with Crippen LogP contribution in [0.3, 0.4) is 0 Å². The molecule has 0 aromatic heterocycles. The molecule has 5 saturated carbocycles. The lowest BCUT2D eigenvalue weighted by atomic mass is 9.41. The van der Waals surface area contributed by atoms with Crippen LogP contribution in [0.2, 0.25) is 0 Å². The largest absolute Gasteiger partial charge is 0.458 e. The fourth-order valence-electron chi connectivity index (χ4n) is 16.0. The molecule has 0 radical (unpaired) electrons. The minimum absolute atomic E-state index is 0.103. The molecule has 0 bridgehead atoms. The van der Waals surface area contributed by atoms with E-state index in [2.05, 4.69) is 34.6 Å². The predicted octanol–water partition coefficient (Wildman–Crippen LogP) is 0.157. The van der Waals surface area contributed by atoms with E-state index in [1.807, 2.05) is 13.0 Å². The predicted molar refractivity (Wildman–Crippen MR) is 228 cm³/mol. The van der Waals surface area contributed by atoms with Crippen LogP contribution in [0, 0.1) is 50.7 Å². The average molecular weight is 941 g/mol. The lowest BCUT2D eigenvalue weighted by Crippen LogP contribution is -2.67. The van der Waals surface area contributed by atoms with E-state index in [-0.39, 0.29) is 39.7 Å².